The average molecular weight is 273 g/mol. The molecule has 14 heavy (non-hydrogen) atoms. The Bertz CT molecular complexity index is 399. The first-order chi connectivity index (χ1) is 6.75. The summed E-state index contributed by atoms with van der Waals surface area (Å²) in [5, 5.41) is 6.09. The molecule has 1 atom stereocenters. The lowest BCUT2D eigenvalue weighted by atomic mass is 10.3. The number of nitrogens with zero attached hydrogens (tertiary/aromatic N) is 1. The Morgan fingerprint density at radius 3 is 3.00 bits per heavy atom. The molecule has 0 radical (unpaired) electrons. The van der Waals surface area contributed by atoms with E-state index in [1.54, 1.807) is 17.5 Å². The van der Waals surface area contributed by atoms with Crippen LogP contribution in [-0.4, -0.2) is 4.98 Å². The molecule has 1 unspecified atom stereocenters. The highest BCUT2D eigenvalue weighted by Crippen LogP contribution is 2.24. The Kier molecular flexibility index (Phi) is 2.88. The van der Waals surface area contributed by atoms with Crippen LogP contribution in [0.25, 0.3) is 0 Å². The average Bonchev–Trinajstić information content (AvgIpc) is 2.75. The van der Waals surface area contributed by atoms with Crippen LogP contribution in [0.5, 0.6) is 0 Å². The lowest BCUT2D eigenvalue weighted by Crippen LogP contribution is -2.04. The Hall–Kier alpha value is -0.810. The number of rotatable bonds is 3. The fourth-order valence-corrected chi connectivity index (χ4v) is 2.05. The highest BCUT2D eigenvalue weighted by Gasteiger charge is 2.10. The minimum Gasteiger partial charge on any atom is -0.452 e. The topological polar surface area (TPSA) is 38.1 Å². The third kappa shape index (κ3) is 2.16. The zero-order valence-electron chi connectivity index (χ0n) is 7.53. The molecule has 0 bridgehead atoms. The van der Waals surface area contributed by atoms with Gasteiger partial charge in [0.2, 0.25) is 0 Å². The molecule has 2 aromatic heterocycles. The van der Waals surface area contributed by atoms with Gasteiger partial charge in [0.15, 0.2) is 9.80 Å². The zero-order valence-corrected chi connectivity index (χ0v) is 9.93. The summed E-state index contributed by atoms with van der Waals surface area (Å²) in [4.78, 5) is 4.14. The second-order valence-electron chi connectivity index (χ2n) is 2.85. The van der Waals surface area contributed by atoms with E-state index in [1.807, 2.05) is 24.4 Å². The number of furan rings is 1. The summed E-state index contributed by atoms with van der Waals surface area (Å²) < 4.78 is 6.18. The van der Waals surface area contributed by atoms with Gasteiger partial charge in [-0.2, -0.15) is 0 Å². The summed E-state index contributed by atoms with van der Waals surface area (Å²) in [6, 6.07) is 3.96. The fraction of sp³-hybridized carbons (Fsp3) is 0.222. The normalized spacial score (nSPS) is 12.7. The lowest BCUT2D eigenvalue weighted by molar-refractivity contribution is 0.471. The van der Waals surface area contributed by atoms with E-state index in [0.717, 1.165) is 15.6 Å². The number of thiazole rings is 1. The Labute approximate surface area is 94.3 Å². The molecule has 0 aliphatic rings. The van der Waals surface area contributed by atoms with Crippen LogP contribution in [0.15, 0.2) is 32.8 Å². The maximum absolute atomic E-state index is 5.43. The van der Waals surface area contributed by atoms with Crippen molar-refractivity contribution in [3.05, 3.63) is 34.1 Å². The van der Waals surface area contributed by atoms with Crippen molar-refractivity contribution < 1.29 is 4.42 Å². The van der Waals surface area contributed by atoms with Gasteiger partial charge in [-0.05, 0) is 35.0 Å². The predicted octanol–water partition coefficient (Wildman–Crippen LogP) is 3.67. The number of nitrogens with one attached hydrogen (secondary N) is 1. The quantitative estimate of drug-likeness (QED) is 0.927. The van der Waals surface area contributed by atoms with E-state index in [1.165, 1.54) is 0 Å². The summed E-state index contributed by atoms with van der Waals surface area (Å²) in [7, 11) is 0. The summed E-state index contributed by atoms with van der Waals surface area (Å²) >= 11 is 4.85. The van der Waals surface area contributed by atoms with Gasteiger partial charge in [0.1, 0.15) is 5.76 Å². The molecule has 0 saturated carbocycles. The number of aromatic nitrogens is 1. The monoisotopic (exact) mass is 272 g/mol. The van der Waals surface area contributed by atoms with Crippen LogP contribution in [0, 0.1) is 0 Å². The third-order valence-electron chi connectivity index (χ3n) is 1.79. The van der Waals surface area contributed by atoms with E-state index in [2.05, 4.69) is 26.2 Å². The number of hydrogen-bond donors (Lipinski definition) is 1. The van der Waals surface area contributed by atoms with E-state index in [9.17, 15) is 0 Å². The molecule has 0 spiro atoms. The first kappa shape index (κ1) is 9.73. The van der Waals surface area contributed by atoms with Crippen LogP contribution in [0.4, 0.5) is 5.13 Å². The van der Waals surface area contributed by atoms with Crippen LogP contribution in [0.1, 0.15) is 18.7 Å². The fourth-order valence-electron chi connectivity index (χ4n) is 1.11. The second kappa shape index (κ2) is 4.14. The molecule has 0 aliphatic heterocycles. The molecule has 2 aromatic rings. The van der Waals surface area contributed by atoms with Crippen molar-refractivity contribution in [2.75, 3.05) is 5.32 Å². The van der Waals surface area contributed by atoms with Crippen molar-refractivity contribution in [2.24, 2.45) is 0 Å². The SMILES string of the molecule is CC(Nc1nccs1)c1ccc(Br)o1. The van der Waals surface area contributed by atoms with Crippen molar-refractivity contribution in [3.63, 3.8) is 0 Å². The summed E-state index contributed by atoms with van der Waals surface area (Å²) in [6.45, 7) is 2.03. The van der Waals surface area contributed by atoms with Crippen molar-refractivity contribution in [1.82, 2.24) is 4.98 Å². The van der Waals surface area contributed by atoms with E-state index in [0.29, 0.717) is 0 Å². The standard InChI is InChI=1S/C9H9BrN2OS/c1-6(7-2-3-8(10)13-7)12-9-11-4-5-14-9/h2-6H,1H3,(H,11,12). The largest absolute Gasteiger partial charge is 0.452 e. The van der Waals surface area contributed by atoms with E-state index >= 15 is 0 Å². The van der Waals surface area contributed by atoms with Crippen molar-refractivity contribution in [2.45, 2.75) is 13.0 Å². The van der Waals surface area contributed by atoms with E-state index < -0.39 is 0 Å². The van der Waals surface area contributed by atoms with E-state index in [-0.39, 0.29) is 6.04 Å². The van der Waals surface area contributed by atoms with Crippen LogP contribution < -0.4 is 5.32 Å². The Morgan fingerprint density at radius 1 is 1.57 bits per heavy atom. The molecule has 0 saturated heterocycles. The number of halogens is 1. The van der Waals surface area contributed by atoms with Crippen LogP contribution in [0.3, 0.4) is 0 Å². The first-order valence-electron chi connectivity index (χ1n) is 4.17. The Balaban J connectivity index is 2.06. The molecule has 5 heteroatoms. The minimum atomic E-state index is 0.132. The highest BCUT2D eigenvalue weighted by molar-refractivity contribution is 9.10. The molecule has 0 aliphatic carbocycles. The van der Waals surface area contributed by atoms with Crippen LogP contribution in [0.2, 0.25) is 0 Å². The first-order valence-corrected chi connectivity index (χ1v) is 5.84. The maximum atomic E-state index is 5.43. The highest BCUT2D eigenvalue weighted by atomic mass is 79.9. The molecular formula is C9H9BrN2OS. The molecular weight excluding hydrogens is 264 g/mol. The molecule has 2 heterocycles. The maximum Gasteiger partial charge on any atom is 0.183 e. The summed E-state index contributed by atoms with van der Waals surface area (Å²) in [5.74, 6) is 0.895. The van der Waals surface area contributed by atoms with Gasteiger partial charge < -0.3 is 9.73 Å². The number of anilines is 1. The molecule has 74 valence electrons. The third-order valence-corrected chi connectivity index (χ3v) is 2.92. The van der Waals surface area contributed by atoms with Crippen molar-refractivity contribution >= 4 is 32.4 Å². The molecule has 3 nitrogen and oxygen atoms in total. The van der Waals surface area contributed by atoms with E-state index in [4.69, 9.17) is 4.42 Å². The van der Waals surface area contributed by atoms with Gasteiger partial charge in [0.25, 0.3) is 0 Å². The van der Waals surface area contributed by atoms with Gasteiger partial charge in [-0.15, -0.1) is 11.3 Å². The Morgan fingerprint density at radius 2 is 2.43 bits per heavy atom. The van der Waals surface area contributed by atoms with Gasteiger partial charge in [-0.1, -0.05) is 0 Å². The van der Waals surface area contributed by atoms with Crippen LogP contribution in [-0.2, 0) is 0 Å². The molecule has 0 aromatic carbocycles. The van der Waals surface area contributed by atoms with Gasteiger partial charge in [-0.3, -0.25) is 0 Å². The summed E-state index contributed by atoms with van der Waals surface area (Å²) in [5.41, 5.74) is 0. The smallest absolute Gasteiger partial charge is 0.183 e. The zero-order chi connectivity index (χ0) is 9.97. The van der Waals surface area contributed by atoms with Crippen LogP contribution >= 0.6 is 27.3 Å². The van der Waals surface area contributed by atoms with Gasteiger partial charge >= 0.3 is 0 Å². The predicted molar refractivity (Wildman–Crippen MR) is 60.6 cm³/mol. The molecule has 0 fully saturated rings. The lowest BCUT2D eigenvalue weighted by Gasteiger charge is -2.09. The minimum absolute atomic E-state index is 0.132. The van der Waals surface area contributed by atoms with Gasteiger partial charge in [0.05, 0.1) is 6.04 Å². The molecule has 2 rings (SSSR count). The number of hydrogen-bond acceptors (Lipinski definition) is 4. The van der Waals surface area contributed by atoms with Gasteiger partial charge in [0, 0.05) is 11.6 Å². The molecule has 0 amide bonds. The second-order valence-corrected chi connectivity index (χ2v) is 4.52. The van der Waals surface area contributed by atoms with Crippen molar-refractivity contribution in [1.29, 1.82) is 0 Å². The molecule has 1 N–H and O–H groups in total. The van der Waals surface area contributed by atoms with Gasteiger partial charge in [-0.25, -0.2) is 4.98 Å². The van der Waals surface area contributed by atoms with Crippen molar-refractivity contribution in [3.8, 4) is 0 Å². The summed E-state index contributed by atoms with van der Waals surface area (Å²) in [6.07, 6.45) is 1.78.